The fourth-order valence-electron chi connectivity index (χ4n) is 6.02. The van der Waals surface area contributed by atoms with Crippen molar-refractivity contribution in [3.8, 4) is 0 Å². The van der Waals surface area contributed by atoms with Crippen molar-refractivity contribution >= 4 is 40.9 Å². The van der Waals surface area contributed by atoms with Gasteiger partial charge in [-0.3, -0.25) is 14.5 Å². The minimum atomic E-state index is -1.19. The molecule has 5 rings (SSSR count). The first-order valence-corrected chi connectivity index (χ1v) is 14.4. The Morgan fingerprint density at radius 2 is 1.88 bits per heavy atom. The zero-order chi connectivity index (χ0) is 29.1. The van der Waals surface area contributed by atoms with Crippen molar-refractivity contribution in [2.24, 2.45) is 5.92 Å². The summed E-state index contributed by atoms with van der Waals surface area (Å²) < 4.78 is 40.3. The maximum absolute atomic E-state index is 15.1. The number of nitrogens with zero attached hydrogens (tertiary/aromatic N) is 2. The molecule has 2 atom stereocenters. The van der Waals surface area contributed by atoms with E-state index in [2.05, 4.69) is 5.32 Å². The van der Waals surface area contributed by atoms with Gasteiger partial charge in [0.2, 0.25) is 5.91 Å². The van der Waals surface area contributed by atoms with Crippen LogP contribution < -0.4 is 10.2 Å². The van der Waals surface area contributed by atoms with Crippen LogP contribution in [-0.2, 0) is 31.9 Å². The van der Waals surface area contributed by atoms with E-state index in [9.17, 15) is 18.8 Å². The fraction of sp³-hybridized carbons (Fsp3) is 0.500. The number of carbonyl (C=O) groups excluding carboxylic acids is 3. The summed E-state index contributed by atoms with van der Waals surface area (Å²) in [5.41, 5.74) is 2.02. The molecule has 0 aromatic heterocycles. The SMILES string of the molecule is COC(=O)C1CCC(OC[C@@H]2C[C@H](F)CN2C(=O)Cc2cc(Cl)c(NC(=O)N3CCc4ccccc43)cc2F)CC1. The number of fused-ring (bicyclic) bond motifs is 1. The Morgan fingerprint density at radius 3 is 2.63 bits per heavy atom. The van der Waals surface area contributed by atoms with Crippen LogP contribution in [0.5, 0.6) is 0 Å². The zero-order valence-electron chi connectivity index (χ0n) is 22.9. The van der Waals surface area contributed by atoms with Gasteiger partial charge in [0.05, 0.1) is 55.5 Å². The van der Waals surface area contributed by atoms with Crippen molar-refractivity contribution in [1.29, 1.82) is 0 Å². The first kappa shape index (κ1) is 29.3. The van der Waals surface area contributed by atoms with Crippen LogP contribution in [0.15, 0.2) is 36.4 Å². The smallest absolute Gasteiger partial charge is 0.326 e. The second-order valence-electron chi connectivity index (χ2n) is 10.9. The van der Waals surface area contributed by atoms with Gasteiger partial charge in [-0.05, 0) is 61.4 Å². The highest BCUT2D eigenvalue weighted by Crippen LogP contribution is 2.32. The molecule has 0 spiro atoms. The van der Waals surface area contributed by atoms with Crippen LogP contribution in [0.2, 0.25) is 5.02 Å². The molecule has 2 aromatic carbocycles. The fourth-order valence-corrected chi connectivity index (χ4v) is 6.25. The van der Waals surface area contributed by atoms with Crippen LogP contribution in [0.3, 0.4) is 0 Å². The Labute approximate surface area is 242 Å². The number of amides is 3. The maximum atomic E-state index is 15.1. The molecule has 0 radical (unpaired) electrons. The number of alkyl halides is 1. The number of nitrogens with one attached hydrogen (secondary N) is 1. The number of anilines is 2. The summed E-state index contributed by atoms with van der Waals surface area (Å²) >= 11 is 6.39. The summed E-state index contributed by atoms with van der Waals surface area (Å²) in [4.78, 5) is 40.8. The Hall–Kier alpha value is -3.24. The van der Waals surface area contributed by atoms with Gasteiger partial charge >= 0.3 is 12.0 Å². The first-order chi connectivity index (χ1) is 19.7. The number of urea groups is 1. The molecule has 1 aliphatic carbocycles. The molecular weight excluding hydrogens is 556 g/mol. The molecule has 1 saturated carbocycles. The molecule has 0 bridgehead atoms. The van der Waals surface area contributed by atoms with E-state index < -0.39 is 30.0 Å². The molecule has 1 N–H and O–H groups in total. The van der Waals surface area contributed by atoms with Crippen molar-refractivity contribution in [1.82, 2.24) is 4.90 Å². The van der Waals surface area contributed by atoms with Crippen molar-refractivity contribution in [2.75, 3.05) is 37.0 Å². The summed E-state index contributed by atoms with van der Waals surface area (Å²) in [5, 5.41) is 2.77. The molecule has 3 amide bonds. The highest BCUT2D eigenvalue weighted by molar-refractivity contribution is 6.34. The van der Waals surface area contributed by atoms with Gasteiger partial charge < -0.3 is 19.7 Å². The standard InChI is InChI=1S/C30H34ClF2N3O5/c1-40-29(38)19-6-8-23(9-7-19)41-17-22-14-21(32)16-36(22)28(37)13-20-12-24(31)26(15-25(20)33)34-30(39)35-11-10-18-4-2-3-5-27(18)35/h2-5,12,15,19,21-23H,6-11,13-14,16-17H2,1H3,(H,34,39)/t19?,21-,22-,23?/m0/s1. The molecule has 0 unspecified atom stereocenters. The largest absolute Gasteiger partial charge is 0.469 e. The third-order valence-corrected chi connectivity index (χ3v) is 8.58. The lowest BCUT2D eigenvalue weighted by molar-refractivity contribution is -0.148. The average Bonchev–Trinajstić information content (AvgIpc) is 3.57. The van der Waals surface area contributed by atoms with Crippen molar-refractivity contribution in [3.05, 3.63) is 58.4 Å². The first-order valence-electron chi connectivity index (χ1n) is 14.0. The Kier molecular flexibility index (Phi) is 9.09. The molecule has 41 heavy (non-hydrogen) atoms. The van der Waals surface area contributed by atoms with Crippen molar-refractivity contribution in [3.63, 3.8) is 0 Å². The van der Waals surface area contributed by atoms with Gasteiger partial charge in [0.1, 0.15) is 12.0 Å². The summed E-state index contributed by atoms with van der Waals surface area (Å²) in [7, 11) is 1.38. The van der Waals surface area contributed by atoms with Gasteiger partial charge in [-0.25, -0.2) is 13.6 Å². The normalized spacial score (nSPS) is 23.8. The molecular formula is C30H34ClF2N3O5. The Morgan fingerprint density at radius 1 is 1.12 bits per heavy atom. The second-order valence-corrected chi connectivity index (χ2v) is 11.3. The molecule has 1 saturated heterocycles. The van der Waals surface area contributed by atoms with E-state index in [1.165, 1.54) is 18.1 Å². The number of halogens is 3. The van der Waals surface area contributed by atoms with Crippen LogP contribution >= 0.6 is 11.6 Å². The number of methoxy groups -OCH3 is 1. The monoisotopic (exact) mass is 589 g/mol. The van der Waals surface area contributed by atoms with E-state index in [0.717, 1.165) is 23.7 Å². The topological polar surface area (TPSA) is 88.2 Å². The lowest BCUT2D eigenvalue weighted by Crippen LogP contribution is -2.40. The highest BCUT2D eigenvalue weighted by Gasteiger charge is 2.37. The number of hydrogen-bond donors (Lipinski definition) is 1. The van der Waals surface area contributed by atoms with Gasteiger partial charge in [-0.15, -0.1) is 0 Å². The minimum Gasteiger partial charge on any atom is -0.469 e. The summed E-state index contributed by atoms with van der Waals surface area (Å²) in [6.07, 6.45) is 2.03. The maximum Gasteiger partial charge on any atom is 0.326 e. The molecule has 2 heterocycles. The number of rotatable bonds is 7. The number of carbonyl (C=O) groups is 3. The molecule has 11 heteroatoms. The Balaban J connectivity index is 1.17. The number of likely N-dealkylation sites (tertiary alicyclic amines) is 1. The predicted octanol–water partition coefficient (Wildman–Crippen LogP) is 5.30. The van der Waals surface area contributed by atoms with Gasteiger partial charge in [-0.1, -0.05) is 29.8 Å². The number of ether oxygens (including phenoxy) is 2. The number of para-hydroxylation sites is 1. The highest BCUT2D eigenvalue weighted by atomic mass is 35.5. The molecule has 8 nitrogen and oxygen atoms in total. The third-order valence-electron chi connectivity index (χ3n) is 8.27. The third kappa shape index (κ3) is 6.64. The van der Waals surface area contributed by atoms with E-state index in [1.807, 2.05) is 24.3 Å². The lowest BCUT2D eigenvalue weighted by Gasteiger charge is -2.30. The van der Waals surface area contributed by atoms with Gasteiger partial charge in [0, 0.05) is 18.7 Å². The number of esters is 1. The van der Waals surface area contributed by atoms with E-state index >= 15 is 4.39 Å². The van der Waals surface area contributed by atoms with Gasteiger partial charge in [0.15, 0.2) is 0 Å². The average molecular weight is 590 g/mol. The van der Waals surface area contributed by atoms with Crippen LogP contribution in [0.1, 0.15) is 43.2 Å². The summed E-state index contributed by atoms with van der Waals surface area (Å²) in [5.74, 6) is -1.45. The van der Waals surface area contributed by atoms with E-state index in [-0.39, 0.29) is 60.3 Å². The molecule has 2 fully saturated rings. The minimum absolute atomic E-state index is 0.0626. The van der Waals surface area contributed by atoms with Crippen LogP contribution in [0, 0.1) is 11.7 Å². The second kappa shape index (κ2) is 12.7. The van der Waals surface area contributed by atoms with E-state index in [4.69, 9.17) is 21.1 Å². The van der Waals surface area contributed by atoms with Crippen LogP contribution in [-0.4, -0.2) is 67.9 Å². The molecule has 3 aliphatic rings. The lowest BCUT2D eigenvalue weighted by atomic mass is 9.87. The molecule has 2 aliphatic heterocycles. The zero-order valence-corrected chi connectivity index (χ0v) is 23.7. The quantitative estimate of drug-likeness (QED) is 0.443. The van der Waals surface area contributed by atoms with Gasteiger partial charge in [-0.2, -0.15) is 0 Å². The summed E-state index contributed by atoms with van der Waals surface area (Å²) in [6, 6.07) is 9.13. The number of hydrogen-bond acceptors (Lipinski definition) is 5. The molecule has 220 valence electrons. The van der Waals surface area contributed by atoms with Crippen LogP contribution in [0.25, 0.3) is 0 Å². The van der Waals surface area contributed by atoms with E-state index in [0.29, 0.717) is 32.2 Å². The van der Waals surface area contributed by atoms with Crippen LogP contribution in [0.4, 0.5) is 25.0 Å². The van der Waals surface area contributed by atoms with Gasteiger partial charge in [0.25, 0.3) is 0 Å². The van der Waals surface area contributed by atoms with Crippen molar-refractivity contribution in [2.45, 2.75) is 63.3 Å². The summed E-state index contributed by atoms with van der Waals surface area (Å²) in [6.45, 7) is 0.596. The molecule has 2 aromatic rings. The number of benzene rings is 2. The van der Waals surface area contributed by atoms with E-state index in [1.54, 1.807) is 4.90 Å². The Bertz CT molecular complexity index is 1300. The van der Waals surface area contributed by atoms with Crippen molar-refractivity contribution < 1.29 is 32.6 Å². The predicted molar refractivity (Wildman–Crippen MR) is 150 cm³/mol.